The summed E-state index contributed by atoms with van der Waals surface area (Å²) >= 11 is 0. The number of nitrogens with one attached hydrogen (secondary N) is 1. The van der Waals surface area contributed by atoms with Gasteiger partial charge in [0.2, 0.25) is 0 Å². The number of hydrogen-bond acceptors (Lipinski definition) is 3. The zero-order chi connectivity index (χ0) is 13.9. The zero-order valence-corrected chi connectivity index (χ0v) is 13.5. The Morgan fingerprint density at radius 1 is 1.05 bits per heavy atom. The molecule has 116 valence electrons. The predicted octanol–water partition coefficient (Wildman–Crippen LogP) is 2.47. The first kappa shape index (κ1) is 14.8. The first-order valence-electron chi connectivity index (χ1n) is 9.01. The molecule has 0 amide bonds. The topological polar surface area (TPSA) is 18.5 Å². The average molecular weight is 279 g/mol. The molecule has 2 aliphatic heterocycles. The number of nitrogens with zero attached hydrogens (tertiary/aromatic N) is 2. The lowest BCUT2D eigenvalue weighted by Crippen LogP contribution is -2.59. The summed E-state index contributed by atoms with van der Waals surface area (Å²) in [7, 11) is 0. The van der Waals surface area contributed by atoms with Crippen LogP contribution in [0.15, 0.2) is 0 Å². The third kappa shape index (κ3) is 3.20. The van der Waals surface area contributed by atoms with E-state index in [0.29, 0.717) is 0 Å². The molecular formula is C17H33N3. The van der Waals surface area contributed by atoms with Crippen LogP contribution in [0.5, 0.6) is 0 Å². The quantitative estimate of drug-likeness (QED) is 0.853. The first-order valence-corrected chi connectivity index (χ1v) is 9.01. The Hall–Kier alpha value is -0.120. The van der Waals surface area contributed by atoms with Crippen molar-refractivity contribution in [3.05, 3.63) is 0 Å². The molecule has 0 bridgehead atoms. The number of hydrogen-bond donors (Lipinski definition) is 1. The predicted molar refractivity (Wildman–Crippen MR) is 85.1 cm³/mol. The fraction of sp³-hybridized carbons (Fsp3) is 1.00. The molecule has 2 saturated heterocycles. The largest absolute Gasteiger partial charge is 0.314 e. The highest BCUT2D eigenvalue weighted by molar-refractivity contribution is 4.95. The SMILES string of the molecule is CCCNC1CCCC(N2CC3CCCN3CC2C)C1. The maximum Gasteiger partial charge on any atom is 0.0224 e. The second kappa shape index (κ2) is 6.76. The fourth-order valence-corrected chi connectivity index (χ4v) is 4.72. The molecule has 0 radical (unpaired) electrons. The van der Waals surface area contributed by atoms with Crippen molar-refractivity contribution < 1.29 is 0 Å². The van der Waals surface area contributed by atoms with Gasteiger partial charge in [0.05, 0.1) is 0 Å². The minimum Gasteiger partial charge on any atom is -0.314 e. The van der Waals surface area contributed by atoms with Crippen molar-refractivity contribution in [2.24, 2.45) is 0 Å². The van der Waals surface area contributed by atoms with Gasteiger partial charge in [-0.15, -0.1) is 0 Å². The van der Waals surface area contributed by atoms with Gasteiger partial charge in [-0.05, 0) is 58.5 Å². The molecule has 3 nitrogen and oxygen atoms in total. The van der Waals surface area contributed by atoms with Gasteiger partial charge in [0, 0.05) is 37.3 Å². The van der Waals surface area contributed by atoms with E-state index in [1.807, 2.05) is 0 Å². The van der Waals surface area contributed by atoms with E-state index in [1.165, 1.54) is 71.1 Å². The lowest BCUT2D eigenvalue weighted by atomic mass is 9.88. The van der Waals surface area contributed by atoms with Gasteiger partial charge in [-0.2, -0.15) is 0 Å². The summed E-state index contributed by atoms with van der Waals surface area (Å²) in [6, 6.07) is 3.26. The van der Waals surface area contributed by atoms with Gasteiger partial charge in [-0.1, -0.05) is 13.3 Å². The lowest BCUT2D eigenvalue weighted by molar-refractivity contribution is 0.0118. The van der Waals surface area contributed by atoms with Crippen molar-refractivity contribution in [2.75, 3.05) is 26.2 Å². The van der Waals surface area contributed by atoms with Crippen LogP contribution < -0.4 is 5.32 Å². The van der Waals surface area contributed by atoms with E-state index in [4.69, 9.17) is 0 Å². The Morgan fingerprint density at radius 3 is 2.75 bits per heavy atom. The smallest absolute Gasteiger partial charge is 0.0224 e. The van der Waals surface area contributed by atoms with E-state index in [-0.39, 0.29) is 0 Å². The molecule has 1 N–H and O–H groups in total. The Kier molecular flexibility index (Phi) is 5.00. The molecule has 0 aromatic heterocycles. The Morgan fingerprint density at radius 2 is 1.90 bits per heavy atom. The average Bonchev–Trinajstić information content (AvgIpc) is 2.91. The number of piperazine rings is 1. The summed E-state index contributed by atoms with van der Waals surface area (Å²) in [4.78, 5) is 5.61. The highest BCUT2D eigenvalue weighted by Crippen LogP contribution is 2.31. The molecule has 1 saturated carbocycles. The monoisotopic (exact) mass is 279 g/mol. The molecule has 4 atom stereocenters. The third-order valence-corrected chi connectivity index (χ3v) is 5.78. The van der Waals surface area contributed by atoms with E-state index in [2.05, 4.69) is 29.0 Å². The Labute approximate surface area is 125 Å². The second-order valence-electron chi connectivity index (χ2n) is 7.31. The van der Waals surface area contributed by atoms with Crippen LogP contribution >= 0.6 is 0 Å². The van der Waals surface area contributed by atoms with E-state index in [9.17, 15) is 0 Å². The Balaban J connectivity index is 1.57. The number of rotatable bonds is 4. The molecule has 4 unspecified atom stereocenters. The second-order valence-corrected chi connectivity index (χ2v) is 7.31. The van der Waals surface area contributed by atoms with Crippen molar-refractivity contribution >= 4 is 0 Å². The highest BCUT2D eigenvalue weighted by atomic mass is 15.3. The van der Waals surface area contributed by atoms with Crippen molar-refractivity contribution in [1.82, 2.24) is 15.1 Å². The fourth-order valence-electron chi connectivity index (χ4n) is 4.72. The standard InChI is InChI=1S/C17H33N3/c1-3-9-18-15-6-4-7-16(11-15)20-13-17-8-5-10-19(17)12-14(20)2/h14-18H,3-13H2,1-2H3. The normalized spacial score (nSPS) is 39.9. The van der Waals surface area contributed by atoms with Crippen LogP contribution in [0.2, 0.25) is 0 Å². The molecule has 1 aliphatic carbocycles. The summed E-state index contributed by atoms with van der Waals surface area (Å²) in [5.74, 6) is 0. The minimum atomic E-state index is 0.763. The third-order valence-electron chi connectivity index (χ3n) is 5.78. The van der Waals surface area contributed by atoms with Gasteiger partial charge >= 0.3 is 0 Å². The maximum atomic E-state index is 3.76. The van der Waals surface area contributed by atoms with Crippen LogP contribution in [0.1, 0.15) is 58.8 Å². The summed E-state index contributed by atoms with van der Waals surface area (Å²) in [5.41, 5.74) is 0. The van der Waals surface area contributed by atoms with Crippen LogP contribution in [0.4, 0.5) is 0 Å². The minimum absolute atomic E-state index is 0.763. The van der Waals surface area contributed by atoms with Crippen molar-refractivity contribution in [3.63, 3.8) is 0 Å². The summed E-state index contributed by atoms with van der Waals surface area (Å²) in [6.07, 6.45) is 9.76. The van der Waals surface area contributed by atoms with E-state index in [1.54, 1.807) is 0 Å². The van der Waals surface area contributed by atoms with Crippen LogP contribution in [0.3, 0.4) is 0 Å². The van der Waals surface area contributed by atoms with Gasteiger partial charge in [-0.3, -0.25) is 9.80 Å². The van der Waals surface area contributed by atoms with Gasteiger partial charge in [0.25, 0.3) is 0 Å². The van der Waals surface area contributed by atoms with Gasteiger partial charge in [0.15, 0.2) is 0 Å². The van der Waals surface area contributed by atoms with E-state index >= 15 is 0 Å². The molecule has 2 heterocycles. The van der Waals surface area contributed by atoms with Crippen molar-refractivity contribution in [2.45, 2.75) is 83.0 Å². The van der Waals surface area contributed by atoms with Crippen LogP contribution in [-0.4, -0.2) is 60.1 Å². The Bertz CT molecular complexity index is 307. The summed E-state index contributed by atoms with van der Waals surface area (Å²) in [5, 5.41) is 3.76. The van der Waals surface area contributed by atoms with Crippen LogP contribution in [0.25, 0.3) is 0 Å². The summed E-state index contributed by atoms with van der Waals surface area (Å²) in [6.45, 7) is 9.93. The molecule has 20 heavy (non-hydrogen) atoms. The molecule has 3 aliphatic rings. The molecule has 0 aromatic carbocycles. The summed E-state index contributed by atoms with van der Waals surface area (Å²) < 4.78 is 0. The van der Waals surface area contributed by atoms with Crippen molar-refractivity contribution in [3.8, 4) is 0 Å². The van der Waals surface area contributed by atoms with Crippen LogP contribution in [0, 0.1) is 0 Å². The molecular weight excluding hydrogens is 246 g/mol. The van der Waals surface area contributed by atoms with Gasteiger partial charge in [-0.25, -0.2) is 0 Å². The number of fused-ring (bicyclic) bond motifs is 1. The van der Waals surface area contributed by atoms with Crippen molar-refractivity contribution in [1.29, 1.82) is 0 Å². The molecule has 0 aromatic rings. The molecule has 3 fully saturated rings. The van der Waals surface area contributed by atoms with Gasteiger partial charge in [0.1, 0.15) is 0 Å². The van der Waals surface area contributed by atoms with Gasteiger partial charge < -0.3 is 5.32 Å². The molecule has 0 spiro atoms. The molecule has 3 rings (SSSR count). The van der Waals surface area contributed by atoms with Crippen LogP contribution in [-0.2, 0) is 0 Å². The highest BCUT2D eigenvalue weighted by Gasteiger charge is 2.38. The maximum absolute atomic E-state index is 3.76. The zero-order valence-electron chi connectivity index (χ0n) is 13.5. The molecule has 3 heteroatoms. The first-order chi connectivity index (χ1) is 9.78. The van der Waals surface area contributed by atoms with E-state index in [0.717, 1.165) is 24.2 Å². The van der Waals surface area contributed by atoms with E-state index < -0.39 is 0 Å². The lowest BCUT2D eigenvalue weighted by Gasteiger charge is -2.48.